The topological polar surface area (TPSA) is 64.6 Å². The summed E-state index contributed by atoms with van der Waals surface area (Å²) in [5.41, 5.74) is 2.81. The Kier molecular flexibility index (Phi) is 29.6. The van der Waals surface area contributed by atoms with Gasteiger partial charge in [0.05, 0.1) is 0 Å². The van der Waals surface area contributed by atoms with E-state index in [0.29, 0.717) is 19.4 Å². The largest absolute Gasteiger partial charge is 0.462 e. The summed E-state index contributed by atoms with van der Waals surface area (Å²) in [7, 11) is 0. The Hall–Kier alpha value is -1.10. The van der Waals surface area contributed by atoms with Gasteiger partial charge in [0.15, 0.2) is 0 Å². The quantitative estimate of drug-likeness (QED) is 0.0559. The van der Waals surface area contributed by atoms with Gasteiger partial charge in [-0.05, 0) is 44.9 Å². The molecule has 0 aliphatic heterocycles. The van der Waals surface area contributed by atoms with Crippen molar-refractivity contribution < 1.29 is 19.2 Å². The molecule has 0 aromatic carbocycles. The van der Waals surface area contributed by atoms with Crippen LogP contribution in [0.25, 0.3) is 0 Å². The molecule has 5 heteroatoms. The van der Waals surface area contributed by atoms with Crippen LogP contribution < -0.4 is 5.48 Å². The van der Waals surface area contributed by atoms with Crippen molar-refractivity contribution in [1.82, 2.24) is 5.48 Å². The van der Waals surface area contributed by atoms with Crippen LogP contribution in [-0.4, -0.2) is 24.6 Å². The lowest BCUT2D eigenvalue weighted by Crippen LogP contribution is -2.20. The summed E-state index contributed by atoms with van der Waals surface area (Å²) >= 11 is 0. The molecule has 226 valence electrons. The molecule has 0 radical (unpaired) electrons. The molecule has 0 heterocycles. The van der Waals surface area contributed by atoms with Gasteiger partial charge in [-0.2, -0.15) is 5.48 Å². The highest BCUT2D eigenvalue weighted by molar-refractivity contribution is 5.69. The van der Waals surface area contributed by atoms with Crippen LogP contribution in [0, 0.1) is 0 Å². The van der Waals surface area contributed by atoms with Crippen LogP contribution in [-0.2, 0) is 19.2 Å². The zero-order valence-corrected chi connectivity index (χ0v) is 25.8. The van der Waals surface area contributed by atoms with Gasteiger partial charge in [-0.1, -0.05) is 130 Å². The fourth-order valence-corrected chi connectivity index (χ4v) is 4.86. The second-order valence-corrected chi connectivity index (χ2v) is 11.3. The fraction of sp³-hybridized carbons (Fsp3) is 0.939. The molecule has 0 aromatic heterocycles. The molecule has 0 unspecified atom stereocenters. The maximum absolute atomic E-state index is 12.5. The van der Waals surface area contributed by atoms with Crippen LogP contribution in [0.5, 0.6) is 0 Å². The summed E-state index contributed by atoms with van der Waals surface area (Å²) in [5, 5.41) is 0. The third-order valence-corrected chi connectivity index (χ3v) is 7.39. The number of carbonyl (C=O) groups excluding carboxylic acids is 2. The summed E-state index contributed by atoms with van der Waals surface area (Å²) in [5.74, 6) is -0.151. The first-order valence-electron chi connectivity index (χ1n) is 16.8. The van der Waals surface area contributed by atoms with Crippen molar-refractivity contribution in [2.45, 2.75) is 194 Å². The molecule has 0 aliphatic rings. The molecule has 0 spiro atoms. The van der Waals surface area contributed by atoms with Gasteiger partial charge < -0.3 is 9.57 Å². The van der Waals surface area contributed by atoms with Crippen molar-refractivity contribution in [3.63, 3.8) is 0 Å². The van der Waals surface area contributed by atoms with Crippen molar-refractivity contribution in [3.8, 4) is 0 Å². The lowest BCUT2D eigenvalue weighted by Gasteiger charge is -2.18. The predicted molar refractivity (Wildman–Crippen MR) is 161 cm³/mol. The molecular formula is C33H65NO4. The summed E-state index contributed by atoms with van der Waals surface area (Å²) < 4.78 is 5.94. The van der Waals surface area contributed by atoms with Crippen molar-refractivity contribution >= 4 is 11.9 Å². The van der Waals surface area contributed by atoms with Crippen LogP contribution in [0.3, 0.4) is 0 Å². The molecular weight excluding hydrogens is 474 g/mol. The van der Waals surface area contributed by atoms with Gasteiger partial charge in [0.2, 0.25) is 0 Å². The van der Waals surface area contributed by atoms with Crippen LogP contribution in [0.15, 0.2) is 0 Å². The number of hydroxylamine groups is 1. The Balaban J connectivity index is 3.85. The standard InChI is InChI=1S/C33H65NO4/c1-4-7-10-13-17-21-26-31(27-22-18-14-11-8-5-2)37-32(35)28-23-19-15-20-25-30-34-38-33(36)29-24-16-12-9-6-3/h31,34H,4-30H2,1-3H3. The van der Waals surface area contributed by atoms with E-state index in [1.165, 1.54) is 96.3 Å². The summed E-state index contributed by atoms with van der Waals surface area (Å²) in [6.45, 7) is 7.40. The Morgan fingerprint density at radius 1 is 0.500 bits per heavy atom. The third-order valence-electron chi connectivity index (χ3n) is 7.39. The number of unbranched alkanes of at least 4 members (excludes halogenated alkanes) is 18. The first-order valence-corrected chi connectivity index (χ1v) is 16.8. The van der Waals surface area contributed by atoms with E-state index in [2.05, 4.69) is 26.3 Å². The summed E-state index contributed by atoms with van der Waals surface area (Å²) in [4.78, 5) is 29.3. The zero-order chi connectivity index (χ0) is 27.9. The average Bonchev–Trinajstić information content (AvgIpc) is 2.91. The minimum Gasteiger partial charge on any atom is -0.462 e. The Morgan fingerprint density at radius 2 is 0.895 bits per heavy atom. The van der Waals surface area contributed by atoms with Crippen LogP contribution in [0.2, 0.25) is 0 Å². The second-order valence-electron chi connectivity index (χ2n) is 11.3. The molecule has 0 bridgehead atoms. The maximum atomic E-state index is 12.5. The van der Waals surface area contributed by atoms with Gasteiger partial charge in [-0.3, -0.25) is 9.59 Å². The highest BCUT2D eigenvalue weighted by Gasteiger charge is 2.14. The normalized spacial score (nSPS) is 11.3. The lowest BCUT2D eigenvalue weighted by molar-refractivity contribution is -0.151. The van der Waals surface area contributed by atoms with Crippen LogP contribution in [0.4, 0.5) is 0 Å². The SMILES string of the molecule is CCCCCCCCC(CCCCCCCC)OC(=O)CCCCCCCNOC(=O)CCCCCCC. The Labute approximate surface area is 236 Å². The molecule has 0 fully saturated rings. The van der Waals surface area contributed by atoms with Crippen molar-refractivity contribution in [3.05, 3.63) is 0 Å². The van der Waals surface area contributed by atoms with Crippen molar-refractivity contribution in [2.75, 3.05) is 6.54 Å². The molecule has 38 heavy (non-hydrogen) atoms. The highest BCUT2D eigenvalue weighted by Crippen LogP contribution is 2.18. The summed E-state index contributed by atoms with van der Waals surface area (Å²) in [6.07, 6.45) is 29.4. The van der Waals surface area contributed by atoms with Gasteiger partial charge in [-0.15, -0.1) is 0 Å². The van der Waals surface area contributed by atoms with Crippen LogP contribution in [0.1, 0.15) is 188 Å². The Bertz CT molecular complexity index is 495. The molecule has 1 N–H and O–H groups in total. The number of rotatable bonds is 30. The zero-order valence-electron chi connectivity index (χ0n) is 25.8. The van der Waals surface area contributed by atoms with Gasteiger partial charge in [0.25, 0.3) is 0 Å². The summed E-state index contributed by atoms with van der Waals surface area (Å²) in [6, 6.07) is 0. The molecule has 0 amide bonds. The number of ether oxygens (including phenoxy) is 1. The molecule has 0 saturated carbocycles. The smallest absolute Gasteiger partial charge is 0.324 e. The Morgan fingerprint density at radius 3 is 1.39 bits per heavy atom. The monoisotopic (exact) mass is 539 g/mol. The molecule has 5 nitrogen and oxygen atoms in total. The van der Waals surface area contributed by atoms with Gasteiger partial charge in [0, 0.05) is 19.4 Å². The van der Waals surface area contributed by atoms with Crippen molar-refractivity contribution in [1.29, 1.82) is 0 Å². The molecule has 0 atom stereocenters. The van der Waals surface area contributed by atoms with Crippen LogP contribution >= 0.6 is 0 Å². The van der Waals surface area contributed by atoms with Gasteiger partial charge >= 0.3 is 11.9 Å². The van der Waals surface area contributed by atoms with E-state index < -0.39 is 0 Å². The average molecular weight is 540 g/mol. The molecule has 0 saturated heterocycles. The first-order chi connectivity index (χ1) is 18.6. The minimum absolute atomic E-state index is 0.00441. The molecule has 0 aromatic rings. The fourth-order valence-electron chi connectivity index (χ4n) is 4.86. The first kappa shape index (κ1) is 36.9. The number of nitrogens with one attached hydrogen (secondary N) is 1. The number of hydrogen-bond acceptors (Lipinski definition) is 5. The number of carbonyl (C=O) groups is 2. The van der Waals surface area contributed by atoms with E-state index in [1.807, 2.05) is 0 Å². The highest BCUT2D eigenvalue weighted by atomic mass is 16.7. The third kappa shape index (κ3) is 27.9. The second kappa shape index (κ2) is 30.4. The van der Waals surface area contributed by atoms with E-state index in [9.17, 15) is 9.59 Å². The van der Waals surface area contributed by atoms with E-state index in [-0.39, 0.29) is 18.0 Å². The van der Waals surface area contributed by atoms with Gasteiger partial charge in [-0.25, -0.2) is 0 Å². The molecule has 0 aliphatic carbocycles. The van der Waals surface area contributed by atoms with Crippen molar-refractivity contribution in [2.24, 2.45) is 0 Å². The van der Waals surface area contributed by atoms with E-state index in [0.717, 1.165) is 57.8 Å². The maximum Gasteiger partial charge on any atom is 0.324 e. The number of hydrogen-bond donors (Lipinski definition) is 1. The van der Waals surface area contributed by atoms with E-state index in [1.54, 1.807) is 0 Å². The van der Waals surface area contributed by atoms with E-state index in [4.69, 9.17) is 9.57 Å². The minimum atomic E-state index is -0.147. The van der Waals surface area contributed by atoms with Gasteiger partial charge in [0.1, 0.15) is 6.10 Å². The predicted octanol–water partition coefficient (Wildman–Crippen LogP) is 10.1. The van der Waals surface area contributed by atoms with E-state index >= 15 is 0 Å². The molecule has 0 rings (SSSR count). The number of esters is 1. The lowest BCUT2D eigenvalue weighted by atomic mass is 10.0.